The van der Waals surface area contributed by atoms with Crippen LogP contribution in [-0.2, 0) is 11.3 Å². The number of rotatable bonds is 5. The minimum Gasteiger partial charge on any atom is -0.497 e. The molecule has 1 amide bonds. The number of nitrogens with zero attached hydrogens (tertiary/aromatic N) is 3. The van der Waals surface area contributed by atoms with Crippen LogP contribution in [0.4, 0.5) is 31.1 Å². The number of ether oxygens (including phenoxy) is 2. The summed E-state index contributed by atoms with van der Waals surface area (Å²) in [4.78, 5) is 14.5. The van der Waals surface area contributed by atoms with E-state index in [9.17, 15) is 31.1 Å². The zero-order valence-corrected chi connectivity index (χ0v) is 16.7. The average Bonchev–Trinajstić information content (AvgIpc) is 3.19. The summed E-state index contributed by atoms with van der Waals surface area (Å²) < 4.78 is 89.5. The molecule has 7 nitrogen and oxygen atoms in total. The number of halogens is 6. The molecule has 2 aromatic rings. The lowest BCUT2D eigenvalue weighted by Crippen LogP contribution is -2.52. The lowest BCUT2D eigenvalue weighted by Gasteiger charge is -2.34. The van der Waals surface area contributed by atoms with Gasteiger partial charge in [0.15, 0.2) is 5.76 Å². The van der Waals surface area contributed by atoms with Crippen LogP contribution < -0.4 is 4.74 Å². The number of piperazine rings is 1. The SMILES string of the molecule is COc1ccc(-c2cc(CN3CCN(C(=O)OC(C(F)(F)F)C(F)(F)F)CC3)no2)cc1. The second-order valence-electron chi connectivity index (χ2n) is 7.02. The highest BCUT2D eigenvalue weighted by molar-refractivity contribution is 5.68. The minimum absolute atomic E-state index is 0.0928. The molecule has 1 aromatic carbocycles. The van der Waals surface area contributed by atoms with Crippen LogP contribution in [0.25, 0.3) is 11.3 Å². The molecule has 32 heavy (non-hydrogen) atoms. The van der Waals surface area contributed by atoms with Gasteiger partial charge < -0.3 is 18.9 Å². The highest BCUT2D eigenvalue weighted by atomic mass is 19.4. The predicted molar refractivity (Wildman–Crippen MR) is 97.7 cm³/mol. The van der Waals surface area contributed by atoms with Crippen molar-refractivity contribution in [1.29, 1.82) is 0 Å². The third-order valence-corrected chi connectivity index (χ3v) is 4.76. The molecule has 0 atom stereocenters. The van der Waals surface area contributed by atoms with Gasteiger partial charge in [0.25, 0.3) is 6.10 Å². The molecule has 0 bridgehead atoms. The van der Waals surface area contributed by atoms with E-state index in [1.165, 1.54) is 0 Å². The molecule has 3 rings (SSSR count). The summed E-state index contributed by atoms with van der Waals surface area (Å²) >= 11 is 0. The van der Waals surface area contributed by atoms with Gasteiger partial charge in [-0.3, -0.25) is 4.90 Å². The third-order valence-electron chi connectivity index (χ3n) is 4.76. The van der Waals surface area contributed by atoms with Gasteiger partial charge in [0, 0.05) is 44.4 Å². The van der Waals surface area contributed by atoms with E-state index in [1.54, 1.807) is 37.4 Å². The van der Waals surface area contributed by atoms with Gasteiger partial charge >= 0.3 is 18.4 Å². The monoisotopic (exact) mass is 467 g/mol. The standard InChI is InChI=1S/C19H19F6N3O4/c1-30-14-4-2-12(3-5-14)15-10-13(26-32-15)11-27-6-8-28(9-7-27)17(29)31-16(18(20,21)22)19(23,24)25/h2-5,10,16H,6-9,11H2,1H3. The van der Waals surface area contributed by atoms with Crippen LogP contribution in [0.15, 0.2) is 34.9 Å². The van der Waals surface area contributed by atoms with E-state index in [1.807, 2.05) is 4.90 Å². The van der Waals surface area contributed by atoms with Crippen LogP contribution in [0.1, 0.15) is 5.69 Å². The number of carbonyl (C=O) groups is 1. The normalized spacial score (nSPS) is 15.8. The van der Waals surface area contributed by atoms with Crippen LogP contribution in [-0.4, -0.2) is 72.8 Å². The smallest absolute Gasteiger partial charge is 0.434 e. The molecule has 0 unspecified atom stereocenters. The Balaban J connectivity index is 1.52. The Labute approximate surface area is 178 Å². The van der Waals surface area contributed by atoms with Gasteiger partial charge in [-0.2, -0.15) is 26.3 Å². The molecule has 1 aliphatic rings. The van der Waals surface area contributed by atoms with Crippen LogP contribution in [0.2, 0.25) is 0 Å². The largest absolute Gasteiger partial charge is 0.497 e. The molecule has 0 aliphatic carbocycles. The van der Waals surface area contributed by atoms with E-state index < -0.39 is 24.5 Å². The topological polar surface area (TPSA) is 68.0 Å². The highest BCUT2D eigenvalue weighted by Crippen LogP contribution is 2.36. The van der Waals surface area contributed by atoms with E-state index in [0.717, 1.165) is 10.5 Å². The minimum atomic E-state index is -5.75. The molecule has 0 N–H and O–H groups in total. The number of alkyl halides is 6. The summed E-state index contributed by atoms with van der Waals surface area (Å²) in [6, 6.07) is 8.83. The van der Waals surface area contributed by atoms with Gasteiger partial charge in [0.1, 0.15) is 5.75 Å². The van der Waals surface area contributed by atoms with E-state index in [-0.39, 0.29) is 26.2 Å². The summed E-state index contributed by atoms with van der Waals surface area (Å²) in [5.41, 5.74) is 1.36. The van der Waals surface area contributed by atoms with Crippen molar-refractivity contribution in [2.45, 2.75) is 25.0 Å². The maximum Gasteiger partial charge on any atom is 0.434 e. The molecular weight excluding hydrogens is 448 g/mol. The summed E-state index contributed by atoms with van der Waals surface area (Å²) in [5.74, 6) is 1.21. The van der Waals surface area contributed by atoms with Crippen molar-refractivity contribution >= 4 is 6.09 Å². The van der Waals surface area contributed by atoms with E-state index in [0.29, 0.717) is 23.7 Å². The Hall–Kier alpha value is -2.96. The Kier molecular flexibility index (Phi) is 6.86. The van der Waals surface area contributed by atoms with Crippen molar-refractivity contribution in [3.05, 3.63) is 36.0 Å². The molecule has 1 aromatic heterocycles. The first-order chi connectivity index (χ1) is 15.0. The molecule has 0 radical (unpaired) electrons. The van der Waals surface area contributed by atoms with Crippen molar-refractivity contribution in [3.8, 4) is 17.1 Å². The zero-order chi connectivity index (χ0) is 23.5. The molecule has 13 heteroatoms. The van der Waals surface area contributed by atoms with Crippen LogP contribution in [0.5, 0.6) is 5.75 Å². The van der Waals surface area contributed by atoms with Crippen LogP contribution in [0.3, 0.4) is 0 Å². The maximum atomic E-state index is 12.6. The fraction of sp³-hybridized carbons (Fsp3) is 0.474. The van der Waals surface area contributed by atoms with Crippen LogP contribution >= 0.6 is 0 Å². The van der Waals surface area contributed by atoms with Crippen molar-refractivity contribution in [3.63, 3.8) is 0 Å². The average molecular weight is 467 g/mol. The second-order valence-corrected chi connectivity index (χ2v) is 7.02. The maximum absolute atomic E-state index is 12.6. The van der Waals surface area contributed by atoms with Crippen molar-refractivity contribution in [2.75, 3.05) is 33.3 Å². The number of hydrogen-bond donors (Lipinski definition) is 0. The number of carbonyl (C=O) groups excluding carboxylic acids is 1. The van der Waals surface area contributed by atoms with Crippen molar-refractivity contribution in [1.82, 2.24) is 15.0 Å². The van der Waals surface area contributed by atoms with Gasteiger partial charge in [-0.25, -0.2) is 4.79 Å². The summed E-state index contributed by atoms with van der Waals surface area (Å²) in [6.07, 6.45) is -17.3. The van der Waals surface area contributed by atoms with Gasteiger partial charge in [-0.15, -0.1) is 0 Å². The molecule has 1 saturated heterocycles. The number of amides is 1. The van der Waals surface area contributed by atoms with E-state index in [2.05, 4.69) is 9.89 Å². The Bertz CT molecular complexity index is 891. The fourth-order valence-electron chi connectivity index (χ4n) is 3.09. The number of aromatic nitrogens is 1. The zero-order valence-electron chi connectivity index (χ0n) is 16.7. The Morgan fingerprint density at radius 2 is 1.66 bits per heavy atom. The van der Waals surface area contributed by atoms with Gasteiger partial charge in [-0.05, 0) is 24.3 Å². The summed E-state index contributed by atoms with van der Waals surface area (Å²) in [7, 11) is 1.55. The molecule has 1 aliphatic heterocycles. The van der Waals surface area contributed by atoms with Crippen LogP contribution in [0, 0.1) is 0 Å². The molecular formula is C19H19F6N3O4. The van der Waals surface area contributed by atoms with Crippen molar-refractivity contribution < 1.29 is 45.1 Å². The third kappa shape index (κ3) is 5.84. The Morgan fingerprint density at radius 1 is 1.06 bits per heavy atom. The molecule has 2 heterocycles. The van der Waals surface area contributed by atoms with Gasteiger partial charge in [-0.1, -0.05) is 5.16 Å². The predicted octanol–water partition coefficient (Wildman–Crippen LogP) is 4.10. The lowest BCUT2D eigenvalue weighted by molar-refractivity contribution is -0.308. The molecule has 0 saturated carbocycles. The van der Waals surface area contributed by atoms with E-state index >= 15 is 0 Å². The number of methoxy groups -OCH3 is 1. The first-order valence-electron chi connectivity index (χ1n) is 9.38. The summed E-state index contributed by atoms with van der Waals surface area (Å²) in [6.45, 7) is 0.566. The first-order valence-corrected chi connectivity index (χ1v) is 9.38. The van der Waals surface area contributed by atoms with E-state index in [4.69, 9.17) is 9.26 Å². The summed E-state index contributed by atoms with van der Waals surface area (Å²) in [5, 5.41) is 3.97. The second kappa shape index (κ2) is 9.27. The Morgan fingerprint density at radius 3 is 2.19 bits per heavy atom. The number of hydrogen-bond acceptors (Lipinski definition) is 6. The first kappa shape index (κ1) is 23.7. The van der Waals surface area contributed by atoms with Crippen molar-refractivity contribution in [2.24, 2.45) is 0 Å². The lowest BCUT2D eigenvalue weighted by atomic mass is 10.1. The molecule has 176 valence electrons. The van der Waals surface area contributed by atoms with Gasteiger partial charge in [0.2, 0.25) is 0 Å². The number of benzene rings is 1. The fourth-order valence-corrected chi connectivity index (χ4v) is 3.09. The molecule has 0 spiro atoms. The quantitative estimate of drug-likeness (QED) is 0.617. The van der Waals surface area contributed by atoms with Gasteiger partial charge in [0.05, 0.1) is 12.8 Å². The highest BCUT2D eigenvalue weighted by Gasteiger charge is 2.60. The molecule has 1 fully saturated rings.